The third-order valence-electron chi connectivity index (χ3n) is 2.55. The molecule has 1 amide bonds. The molecule has 1 aromatic rings. The molecule has 0 fully saturated rings. The van der Waals surface area contributed by atoms with Gasteiger partial charge in [0.1, 0.15) is 0 Å². The molecule has 1 atom stereocenters. The van der Waals surface area contributed by atoms with Gasteiger partial charge in [-0.2, -0.15) is 0 Å². The van der Waals surface area contributed by atoms with Crippen molar-refractivity contribution in [3.05, 3.63) is 28.5 Å². The van der Waals surface area contributed by atoms with Crippen molar-refractivity contribution in [2.45, 2.75) is 26.8 Å². The predicted octanol–water partition coefficient (Wildman–Crippen LogP) is 1.79. The first-order chi connectivity index (χ1) is 7.95. The maximum absolute atomic E-state index is 11.9. The molecule has 0 spiro atoms. The van der Waals surface area contributed by atoms with Gasteiger partial charge >= 0.3 is 0 Å². The molecule has 0 saturated carbocycles. The minimum Gasteiger partial charge on any atom is -0.394 e. The van der Waals surface area contributed by atoms with Crippen molar-refractivity contribution in [3.8, 4) is 0 Å². The average Bonchev–Trinajstić information content (AvgIpc) is 2.24. The highest BCUT2D eigenvalue weighted by molar-refractivity contribution is 6.33. The number of nitrogens with zero attached hydrogens (tertiary/aromatic N) is 1. The maximum Gasteiger partial charge on any atom is 0.254 e. The molecular weight excluding hydrogens is 240 g/mol. The van der Waals surface area contributed by atoms with E-state index >= 15 is 0 Å². The zero-order valence-electron chi connectivity index (χ0n) is 10.2. The lowest BCUT2D eigenvalue weighted by molar-refractivity contribution is 0.0896. The van der Waals surface area contributed by atoms with Crippen molar-refractivity contribution in [1.82, 2.24) is 10.3 Å². The van der Waals surface area contributed by atoms with Gasteiger partial charge < -0.3 is 10.4 Å². The Hall–Kier alpha value is -1.13. The van der Waals surface area contributed by atoms with Crippen LogP contribution in [-0.2, 0) is 0 Å². The fourth-order valence-electron chi connectivity index (χ4n) is 1.36. The molecule has 0 saturated heterocycles. The second-order valence-corrected chi connectivity index (χ2v) is 4.72. The van der Waals surface area contributed by atoms with Gasteiger partial charge in [0.2, 0.25) is 0 Å². The van der Waals surface area contributed by atoms with Gasteiger partial charge in [0.15, 0.2) is 0 Å². The van der Waals surface area contributed by atoms with Crippen LogP contribution in [0.1, 0.15) is 29.9 Å². The molecule has 1 aromatic heterocycles. The number of aryl methyl sites for hydroxylation is 1. The SMILES string of the molecule is Cc1cc(Cl)c(C(=O)NC(CO)C(C)C)cn1. The van der Waals surface area contributed by atoms with E-state index in [2.05, 4.69) is 10.3 Å². The van der Waals surface area contributed by atoms with Gasteiger partial charge in [-0.1, -0.05) is 25.4 Å². The summed E-state index contributed by atoms with van der Waals surface area (Å²) in [5.41, 5.74) is 1.09. The van der Waals surface area contributed by atoms with E-state index in [1.54, 1.807) is 13.0 Å². The van der Waals surface area contributed by atoms with Crippen molar-refractivity contribution in [1.29, 1.82) is 0 Å². The Morgan fingerprint density at radius 3 is 2.71 bits per heavy atom. The van der Waals surface area contributed by atoms with Crippen LogP contribution in [0.25, 0.3) is 0 Å². The molecule has 0 aromatic carbocycles. The van der Waals surface area contributed by atoms with E-state index < -0.39 is 0 Å². The molecular formula is C12H17ClN2O2. The monoisotopic (exact) mass is 256 g/mol. The largest absolute Gasteiger partial charge is 0.394 e. The normalized spacial score (nSPS) is 12.6. The third-order valence-corrected chi connectivity index (χ3v) is 2.87. The molecule has 1 heterocycles. The smallest absolute Gasteiger partial charge is 0.254 e. The molecule has 0 aliphatic carbocycles. The second-order valence-electron chi connectivity index (χ2n) is 4.31. The number of carbonyl (C=O) groups is 1. The topological polar surface area (TPSA) is 62.2 Å². The minimum atomic E-state index is -0.310. The number of aliphatic hydroxyl groups excluding tert-OH is 1. The lowest BCUT2D eigenvalue weighted by Gasteiger charge is -2.20. The van der Waals surface area contributed by atoms with Crippen LogP contribution in [-0.4, -0.2) is 28.6 Å². The van der Waals surface area contributed by atoms with Gasteiger partial charge in [0.05, 0.1) is 23.2 Å². The highest BCUT2D eigenvalue weighted by Crippen LogP contribution is 2.16. The van der Waals surface area contributed by atoms with Crippen LogP contribution < -0.4 is 5.32 Å². The average molecular weight is 257 g/mol. The lowest BCUT2D eigenvalue weighted by Crippen LogP contribution is -2.41. The molecule has 1 unspecified atom stereocenters. The summed E-state index contributed by atoms with van der Waals surface area (Å²) >= 11 is 5.97. The highest BCUT2D eigenvalue weighted by atomic mass is 35.5. The molecule has 0 bridgehead atoms. The Morgan fingerprint density at radius 1 is 1.59 bits per heavy atom. The number of amides is 1. The first kappa shape index (κ1) is 13.9. The van der Waals surface area contributed by atoms with Gasteiger partial charge in [0, 0.05) is 11.9 Å². The van der Waals surface area contributed by atoms with Crippen molar-refractivity contribution < 1.29 is 9.90 Å². The van der Waals surface area contributed by atoms with Crippen LogP contribution in [0, 0.1) is 12.8 Å². The molecule has 0 radical (unpaired) electrons. The van der Waals surface area contributed by atoms with Crippen molar-refractivity contribution in [2.75, 3.05) is 6.61 Å². The fraction of sp³-hybridized carbons (Fsp3) is 0.500. The summed E-state index contributed by atoms with van der Waals surface area (Å²) in [5, 5.41) is 12.2. The van der Waals surface area contributed by atoms with Gasteiger partial charge in [0.25, 0.3) is 5.91 Å². The minimum absolute atomic E-state index is 0.0969. The lowest BCUT2D eigenvalue weighted by atomic mass is 10.1. The number of hydrogen-bond acceptors (Lipinski definition) is 3. The molecule has 0 aliphatic rings. The Labute approximate surface area is 106 Å². The summed E-state index contributed by atoms with van der Waals surface area (Å²) in [4.78, 5) is 15.9. The molecule has 2 N–H and O–H groups in total. The number of aromatic nitrogens is 1. The zero-order chi connectivity index (χ0) is 13.0. The molecule has 17 heavy (non-hydrogen) atoms. The first-order valence-electron chi connectivity index (χ1n) is 5.49. The summed E-state index contributed by atoms with van der Waals surface area (Å²) < 4.78 is 0. The van der Waals surface area contributed by atoms with Crippen LogP contribution in [0.5, 0.6) is 0 Å². The van der Waals surface area contributed by atoms with E-state index in [0.29, 0.717) is 10.6 Å². The van der Waals surface area contributed by atoms with E-state index in [0.717, 1.165) is 5.69 Å². The molecule has 94 valence electrons. The quantitative estimate of drug-likeness (QED) is 0.863. The Kier molecular flexibility index (Phi) is 4.90. The molecule has 4 nitrogen and oxygen atoms in total. The van der Waals surface area contributed by atoms with E-state index in [4.69, 9.17) is 16.7 Å². The maximum atomic E-state index is 11.9. The van der Waals surface area contributed by atoms with Gasteiger partial charge in [-0.25, -0.2) is 0 Å². The second kappa shape index (κ2) is 5.98. The number of carbonyl (C=O) groups excluding carboxylic acids is 1. The van der Waals surface area contributed by atoms with E-state index in [-0.39, 0.29) is 24.5 Å². The standard InChI is InChI=1S/C12H17ClN2O2/c1-7(2)11(6-16)15-12(17)9-5-14-8(3)4-10(9)13/h4-5,7,11,16H,6H2,1-3H3,(H,15,17). The van der Waals surface area contributed by atoms with Crippen LogP contribution >= 0.6 is 11.6 Å². The number of rotatable bonds is 4. The summed E-state index contributed by atoms with van der Waals surface area (Å²) in [6.45, 7) is 5.56. The molecule has 1 rings (SSSR count). The summed E-state index contributed by atoms with van der Waals surface area (Å²) in [6, 6.07) is 1.36. The van der Waals surface area contributed by atoms with Crippen LogP contribution in [0.2, 0.25) is 5.02 Å². The van der Waals surface area contributed by atoms with Crippen molar-refractivity contribution in [3.63, 3.8) is 0 Å². The Morgan fingerprint density at radius 2 is 2.24 bits per heavy atom. The van der Waals surface area contributed by atoms with Gasteiger partial charge in [-0.05, 0) is 18.9 Å². The predicted molar refractivity (Wildman–Crippen MR) is 67.2 cm³/mol. The number of hydrogen-bond donors (Lipinski definition) is 2. The van der Waals surface area contributed by atoms with E-state index in [1.807, 2.05) is 13.8 Å². The summed E-state index contributed by atoms with van der Waals surface area (Å²) in [6.07, 6.45) is 1.45. The van der Waals surface area contributed by atoms with Crippen LogP contribution in [0.15, 0.2) is 12.3 Å². The van der Waals surface area contributed by atoms with Gasteiger partial charge in [-0.15, -0.1) is 0 Å². The zero-order valence-corrected chi connectivity index (χ0v) is 11.0. The number of nitrogens with one attached hydrogen (secondary N) is 1. The number of halogens is 1. The van der Waals surface area contributed by atoms with Gasteiger partial charge in [-0.3, -0.25) is 9.78 Å². The molecule has 0 aliphatic heterocycles. The Bertz CT molecular complexity index is 407. The number of aliphatic hydroxyl groups is 1. The van der Waals surface area contributed by atoms with E-state index in [9.17, 15) is 4.79 Å². The molecule has 5 heteroatoms. The van der Waals surface area contributed by atoms with E-state index in [1.165, 1.54) is 6.20 Å². The van der Waals surface area contributed by atoms with Crippen LogP contribution in [0.3, 0.4) is 0 Å². The van der Waals surface area contributed by atoms with Crippen molar-refractivity contribution in [2.24, 2.45) is 5.92 Å². The van der Waals surface area contributed by atoms with Crippen LogP contribution in [0.4, 0.5) is 0 Å². The summed E-state index contributed by atoms with van der Waals surface area (Å²) in [5.74, 6) is -0.156. The number of pyridine rings is 1. The fourth-order valence-corrected chi connectivity index (χ4v) is 1.66. The third kappa shape index (κ3) is 3.68. The van der Waals surface area contributed by atoms with Crippen molar-refractivity contribution >= 4 is 17.5 Å². The summed E-state index contributed by atoms with van der Waals surface area (Å²) in [7, 11) is 0. The first-order valence-corrected chi connectivity index (χ1v) is 5.87. The highest BCUT2D eigenvalue weighted by Gasteiger charge is 2.18. The Balaban J connectivity index is 2.82.